The van der Waals surface area contributed by atoms with Crippen LogP contribution in [0.2, 0.25) is 5.02 Å². The summed E-state index contributed by atoms with van der Waals surface area (Å²) in [5.74, 6) is -0.331. The number of nitrogens with zero attached hydrogens (tertiary/aromatic N) is 1. The van der Waals surface area contributed by atoms with E-state index in [1.807, 2.05) is 0 Å². The molecule has 0 bridgehead atoms. The maximum atomic E-state index is 13.1. The van der Waals surface area contributed by atoms with Crippen molar-refractivity contribution in [1.82, 2.24) is 4.98 Å². The SMILES string of the molecule is Fc1cc2nccc(Cl)c2cc1Br. The maximum Gasteiger partial charge on any atom is 0.139 e. The summed E-state index contributed by atoms with van der Waals surface area (Å²) in [6.07, 6.45) is 1.55. The normalized spacial score (nSPS) is 10.7. The quantitative estimate of drug-likeness (QED) is 0.702. The molecule has 2 rings (SSSR count). The van der Waals surface area contributed by atoms with Crippen LogP contribution in [0.3, 0.4) is 0 Å². The van der Waals surface area contributed by atoms with Crippen LogP contribution in [-0.2, 0) is 0 Å². The van der Waals surface area contributed by atoms with Gasteiger partial charge in [0.2, 0.25) is 0 Å². The minimum absolute atomic E-state index is 0.331. The van der Waals surface area contributed by atoms with Gasteiger partial charge in [-0.3, -0.25) is 4.98 Å². The monoisotopic (exact) mass is 259 g/mol. The highest BCUT2D eigenvalue weighted by Crippen LogP contribution is 2.26. The van der Waals surface area contributed by atoms with Crippen LogP contribution < -0.4 is 0 Å². The molecule has 1 aromatic heterocycles. The molecule has 0 radical (unpaired) electrons. The van der Waals surface area contributed by atoms with Gasteiger partial charge in [-0.1, -0.05) is 11.6 Å². The summed E-state index contributed by atoms with van der Waals surface area (Å²) < 4.78 is 13.4. The van der Waals surface area contributed by atoms with Gasteiger partial charge in [0.25, 0.3) is 0 Å². The first-order valence-electron chi connectivity index (χ1n) is 3.58. The van der Waals surface area contributed by atoms with Crippen LogP contribution in [0.4, 0.5) is 4.39 Å². The predicted octanol–water partition coefficient (Wildman–Crippen LogP) is 3.79. The zero-order valence-corrected chi connectivity index (χ0v) is 8.73. The second kappa shape index (κ2) is 3.24. The maximum absolute atomic E-state index is 13.1. The summed E-state index contributed by atoms with van der Waals surface area (Å²) in [6.45, 7) is 0. The van der Waals surface area contributed by atoms with Crippen LogP contribution >= 0.6 is 27.5 Å². The lowest BCUT2D eigenvalue weighted by atomic mass is 10.2. The van der Waals surface area contributed by atoms with Crippen molar-refractivity contribution in [2.45, 2.75) is 0 Å². The second-order valence-corrected chi connectivity index (χ2v) is 3.84. The average Bonchev–Trinajstić information content (AvgIpc) is 2.09. The Kier molecular flexibility index (Phi) is 2.22. The Balaban J connectivity index is 2.89. The molecule has 1 aromatic carbocycles. The van der Waals surface area contributed by atoms with Crippen molar-refractivity contribution in [3.05, 3.63) is 39.7 Å². The molecule has 0 N–H and O–H groups in total. The highest BCUT2D eigenvalue weighted by atomic mass is 79.9. The average molecular weight is 260 g/mol. The minimum atomic E-state index is -0.331. The molecular formula is C9H4BrClFN. The summed E-state index contributed by atoms with van der Waals surface area (Å²) in [5, 5.41) is 1.32. The fourth-order valence-corrected chi connectivity index (χ4v) is 1.66. The van der Waals surface area contributed by atoms with E-state index in [9.17, 15) is 4.39 Å². The van der Waals surface area contributed by atoms with E-state index in [0.29, 0.717) is 15.0 Å². The minimum Gasteiger partial charge on any atom is -0.256 e. The highest BCUT2D eigenvalue weighted by molar-refractivity contribution is 9.10. The molecular weight excluding hydrogens is 256 g/mol. The van der Waals surface area contributed by atoms with Crippen molar-refractivity contribution in [3.8, 4) is 0 Å². The Morgan fingerprint density at radius 3 is 2.92 bits per heavy atom. The lowest BCUT2D eigenvalue weighted by Gasteiger charge is -2.00. The number of benzene rings is 1. The molecule has 4 heteroatoms. The Hall–Kier alpha value is -0.670. The van der Waals surface area contributed by atoms with E-state index in [2.05, 4.69) is 20.9 Å². The van der Waals surface area contributed by atoms with Gasteiger partial charge in [-0.25, -0.2) is 4.39 Å². The molecule has 0 unspecified atom stereocenters. The van der Waals surface area contributed by atoms with Gasteiger partial charge in [0.15, 0.2) is 0 Å². The van der Waals surface area contributed by atoms with Crippen molar-refractivity contribution in [3.63, 3.8) is 0 Å². The van der Waals surface area contributed by atoms with Crippen molar-refractivity contribution in [2.24, 2.45) is 0 Å². The van der Waals surface area contributed by atoms with Crippen molar-refractivity contribution < 1.29 is 4.39 Å². The van der Waals surface area contributed by atoms with E-state index in [1.54, 1.807) is 18.3 Å². The van der Waals surface area contributed by atoms with Crippen LogP contribution in [0.25, 0.3) is 10.9 Å². The summed E-state index contributed by atoms with van der Waals surface area (Å²) in [5.41, 5.74) is 0.563. The zero-order chi connectivity index (χ0) is 9.42. The third-order valence-corrected chi connectivity index (χ3v) is 2.67. The Morgan fingerprint density at radius 2 is 2.15 bits per heavy atom. The topological polar surface area (TPSA) is 12.9 Å². The standard InChI is InChI=1S/C9H4BrClFN/c10-6-3-5-7(11)1-2-13-9(5)4-8(6)12/h1-4H. The van der Waals surface area contributed by atoms with Crippen LogP contribution in [0, 0.1) is 5.82 Å². The lowest BCUT2D eigenvalue weighted by Crippen LogP contribution is -1.83. The molecule has 0 atom stereocenters. The van der Waals surface area contributed by atoms with Gasteiger partial charge in [0.05, 0.1) is 15.0 Å². The summed E-state index contributed by atoms with van der Waals surface area (Å²) >= 11 is 8.99. The van der Waals surface area contributed by atoms with E-state index < -0.39 is 0 Å². The zero-order valence-electron chi connectivity index (χ0n) is 6.39. The Bertz CT molecular complexity index is 472. The number of hydrogen-bond acceptors (Lipinski definition) is 1. The number of aromatic nitrogens is 1. The van der Waals surface area contributed by atoms with Gasteiger partial charge in [-0.15, -0.1) is 0 Å². The Morgan fingerprint density at radius 1 is 1.38 bits per heavy atom. The fraction of sp³-hybridized carbons (Fsp3) is 0. The molecule has 0 aliphatic carbocycles. The van der Waals surface area contributed by atoms with Gasteiger partial charge in [-0.05, 0) is 28.1 Å². The first-order chi connectivity index (χ1) is 6.18. The lowest BCUT2D eigenvalue weighted by molar-refractivity contribution is 0.623. The fourth-order valence-electron chi connectivity index (χ4n) is 1.11. The molecule has 66 valence electrons. The van der Waals surface area contributed by atoms with Gasteiger partial charge >= 0.3 is 0 Å². The van der Waals surface area contributed by atoms with Crippen LogP contribution in [0.5, 0.6) is 0 Å². The first kappa shape index (κ1) is 8.91. The molecule has 0 saturated heterocycles. The van der Waals surface area contributed by atoms with Gasteiger partial charge in [-0.2, -0.15) is 0 Å². The third kappa shape index (κ3) is 1.54. The van der Waals surface area contributed by atoms with Gasteiger partial charge in [0.1, 0.15) is 5.82 Å². The number of hydrogen-bond donors (Lipinski definition) is 0. The Labute approximate surface area is 87.7 Å². The van der Waals surface area contributed by atoms with Crippen LogP contribution in [-0.4, -0.2) is 4.98 Å². The molecule has 1 heterocycles. The molecule has 1 nitrogen and oxygen atoms in total. The van der Waals surface area contributed by atoms with E-state index in [1.165, 1.54) is 6.07 Å². The molecule has 0 spiro atoms. The predicted molar refractivity (Wildman–Crippen MR) is 54.4 cm³/mol. The summed E-state index contributed by atoms with van der Waals surface area (Å²) in [6, 6.07) is 4.65. The second-order valence-electron chi connectivity index (χ2n) is 2.58. The number of fused-ring (bicyclic) bond motifs is 1. The molecule has 0 amide bonds. The molecule has 13 heavy (non-hydrogen) atoms. The molecule has 0 aliphatic heterocycles. The van der Waals surface area contributed by atoms with Crippen molar-refractivity contribution in [2.75, 3.05) is 0 Å². The van der Waals surface area contributed by atoms with E-state index in [4.69, 9.17) is 11.6 Å². The molecule has 0 fully saturated rings. The van der Waals surface area contributed by atoms with Crippen molar-refractivity contribution in [1.29, 1.82) is 0 Å². The first-order valence-corrected chi connectivity index (χ1v) is 4.75. The van der Waals surface area contributed by atoms with Gasteiger partial charge in [0, 0.05) is 17.6 Å². The van der Waals surface area contributed by atoms with E-state index in [0.717, 1.165) is 5.39 Å². The summed E-state index contributed by atoms with van der Waals surface area (Å²) in [4.78, 5) is 4.00. The largest absolute Gasteiger partial charge is 0.256 e. The smallest absolute Gasteiger partial charge is 0.139 e. The third-order valence-electron chi connectivity index (χ3n) is 1.73. The number of halogens is 3. The number of pyridine rings is 1. The van der Waals surface area contributed by atoms with Crippen LogP contribution in [0.15, 0.2) is 28.9 Å². The molecule has 2 aromatic rings. The van der Waals surface area contributed by atoms with Gasteiger partial charge < -0.3 is 0 Å². The highest BCUT2D eigenvalue weighted by Gasteiger charge is 2.04. The molecule has 0 saturated carbocycles. The summed E-state index contributed by atoms with van der Waals surface area (Å²) in [7, 11) is 0. The molecule has 0 aliphatic rings. The van der Waals surface area contributed by atoms with Crippen molar-refractivity contribution >= 4 is 38.4 Å². The van der Waals surface area contributed by atoms with Crippen LogP contribution in [0.1, 0.15) is 0 Å². The van der Waals surface area contributed by atoms with E-state index in [-0.39, 0.29) is 5.82 Å². The number of rotatable bonds is 0. The van der Waals surface area contributed by atoms with E-state index >= 15 is 0 Å².